The lowest BCUT2D eigenvalue weighted by Crippen LogP contribution is -2.15. The van der Waals surface area contributed by atoms with Gasteiger partial charge >= 0.3 is 7.52 Å². The summed E-state index contributed by atoms with van der Waals surface area (Å²) in [7, 11) is -1.55. The third-order valence-corrected chi connectivity index (χ3v) is 4.01. The van der Waals surface area contributed by atoms with E-state index in [4.69, 9.17) is 9.79 Å². The van der Waals surface area contributed by atoms with Gasteiger partial charge in [0.25, 0.3) is 0 Å². The normalized spacial score (nSPS) is 15.1. The Hall–Kier alpha value is -0.360. The van der Waals surface area contributed by atoms with Crippen molar-refractivity contribution >= 4 is 7.52 Å². The van der Waals surface area contributed by atoms with Crippen LogP contribution in [-0.4, -0.2) is 24.9 Å². The van der Waals surface area contributed by atoms with Crippen molar-refractivity contribution in [3.05, 3.63) is 0 Å². The molecule has 0 heterocycles. The van der Waals surface area contributed by atoms with Crippen molar-refractivity contribution < 1.29 is 9.09 Å². The molecule has 0 aromatic carbocycles. The Bertz CT molecular complexity index is 237. The van der Waals surface area contributed by atoms with Gasteiger partial charge in [-0.15, -0.1) is 0 Å². The zero-order valence-corrected chi connectivity index (χ0v) is 10.1. The first-order valence-electron chi connectivity index (χ1n) is 4.98. The topological polar surface area (TPSA) is 53.3 Å². The molecule has 0 saturated carbocycles. The molecule has 14 heavy (non-hydrogen) atoms. The molecule has 1 atom stereocenters. The number of hydrogen-bond donors (Lipinski definition) is 0. The molecule has 0 saturated heterocycles. The van der Waals surface area contributed by atoms with Gasteiger partial charge in [0.05, 0.1) is 6.61 Å². The summed E-state index contributed by atoms with van der Waals surface area (Å²) in [5.41, 5.74) is 0. The first-order chi connectivity index (χ1) is 6.60. The summed E-state index contributed by atoms with van der Waals surface area (Å²) in [4.78, 5) is 0. The van der Waals surface area contributed by atoms with E-state index in [1.807, 2.05) is 6.92 Å². The molecule has 0 amide bonds. The van der Waals surface area contributed by atoms with Gasteiger partial charge in [-0.05, 0) is 13.5 Å². The average molecular weight is 218 g/mol. The van der Waals surface area contributed by atoms with E-state index < -0.39 is 7.52 Å². The Morgan fingerprint density at radius 1 is 1.43 bits per heavy atom. The molecule has 0 spiro atoms. The molecule has 82 valence electrons. The molecule has 0 N–H and O–H groups in total. The highest BCUT2D eigenvalue weighted by atomic mass is 31.2. The van der Waals surface area contributed by atoms with Gasteiger partial charge < -0.3 is 4.52 Å². The van der Waals surface area contributed by atoms with Gasteiger partial charge in [0, 0.05) is 6.54 Å². The van der Waals surface area contributed by atoms with Crippen LogP contribution in [0.5, 0.6) is 0 Å². The van der Waals surface area contributed by atoms with E-state index in [0.29, 0.717) is 13.2 Å². The maximum Gasteiger partial charge on any atom is 0.370 e. The lowest BCUT2D eigenvalue weighted by Gasteiger charge is -2.20. The molecular formula is C9H19N2O2P. The molecule has 0 aromatic rings. The number of rotatable bonds is 7. The Morgan fingerprint density at radius 2 is 2.07 bits per heavy atom. The van der Waals surface area contributed by atoms with Crippen LogP contribution >= 0.6 is 7.52 Å². The second kappa shape index (κ2) is 7.00. The van der Waals surface area contributed by atoms with Gasteiger partial charge in [0.1, 0.15) is 0 Å². The Morgan fingerprint density at radius 3 is 2.50 bits per heavy atom. The summed E-state index contributed by atoms with van der Waals surface area (Å²) < 4.78 is 18.4. The summed E-state index contributed by atoms with van der Waals surface area (Å²) in [6.45, 7) is 4.89. The number of hydrogen-bond acceptors (Lipinski definition) is 3. The second-order valence-electron chi connectivity index (χ2n) is 3.13. The van der Waals surface area contributed by atoms with Gasteiger partial charge in [-0.25, -0.2) is 4.67 Å². The molecule has 0 radical (unpaired) electrons. The predicted octanol–water partition coefficient (Wildman–Crippen LogP) is 2.82. The molecule has 0 aliphatic heterocycles. The van der Waals surface area contributed by atoms with Crippen LogP contribution in [-0.2, 0) is 9.09 Å². The standard InChI is InChI=1S/C9H19N2O2P/c1-4-6-7-8-13-14(12,9-10)11(3)5-2/h4-8H2,1-3H3. The van der Waals surface area contributed by atoms with Crippen molar-refractivity contribution in [3.63, 3.8) is 0 Å². The highest BCUT2D eigenvalue weighted by Gasteiger charge is 2.27. The fourth-order valence-corrected chi connectivity index (χ4v) is 2.09. The minimum Gasteiger partial charge on any atom is -0.307 e. The quantitative estimate of drug-likeness (QED) is 0.487. The maximum absolute atomic E-state index is 11.8. The van der Waals surface area contributed by atoms with Crippen molar-refractivity contribution in [3.8, 4) is 5.81 Å². The van der Waals surface area contributed by atoms with Crippen LogP contribution in [0.2, 0.25) is 0 Å². The van der Waals surface area contributed by atoms with E-state index in [1.165, 1.54) is 4.67 Å². The van der Waals surface area contributed by atoms with Crippen molar-refractivity contribution in [2.75, 3.05) is 20.2 Å². The second-order valence-corrected chi connectivity index (χ2v) is 5.32. The molecule has 5 heteroatoms. The van der Waals surface area contributed by atoms with Crippen LogP contribution in [0.25, 0.3) is 0 Å². The van der Waals surface area contributed by atoms with Gasteiger partial charge in [-0.2, -0.15) is 5.26 Å². The SMILES string of the molecule is CCCCCOP(=O)(C#N)N(C)CC. The van der Waals surface area contributed by atoms with Crippen LogP contribution in [0.1, 0.15) is 33.1 Å². The Balaban J connectivity index is 4.02. The number of nitriles is 1. The average Bonchev–Trinajstić information content (AvgIpc) is 2.22. The zero-order valence-electron chi connectivity index (χ0n) is 9.19. The summed E-state index contributed by atoms with van der Waals surface area (Å²) in [5, 5.41) is 8.76. The Kier molecular flexibility index (Phi) is 6.82. The fraction of sp³-hybridized carbons (Fsp3) is 0.889. The highest BCUT2D eigenvalue weighted by Crippen LogP contribution is 2.48. The van der Waals surface area contributed by atoms with Crippen molar-refractivity contribution in [1.29, 1.82) is 5.26 Å². The van der Waals surface area contributed by atoms with E-state index in [9.17, 15) is 4.57 Å². The smallest absolute Gasteiger partial charge is 0.307 e. The minimum atomic E-state index is -3.19. The lowest BCUT2D eigenvalue weighted by molar-refractivity contribution is 0.275. The van der Waals surface area contributed by atoms with Crippen molar-refractivity contribution in [2.24, 2.45) is 0 Å². The molecule has 0 aliphatic rings. The largest absolute Gasteiger partial charge is 0.370 e. The van der Waals surface area contributed by atoms with E-state index >= 15 is 0 Å². The zero-order chi connectivity index (χ0) is 11.0. The van der Waals surface area contributed by atoms with E-state index in [2.05, 4.69) is 6.92 Å². The van der Waals surface area contributed by atoms with Crippen LogP contribution in [0.4, 0.5) is 0 Å². The van der Waals surface area contributed by atoms with Crippen LogP contribution in [0, 0.1) is 11.1 Å². The summed E-state index contributed by atoms with van der Waals surface area (Å²) in [6, 6.07) is 0. The molecule has 0 aliphatic carbocycles. The van der Waals surface area contributed by atoms with Crippen LogP contribution in [0.3, 0.4) is 0 Å². The van der Waals surface area contributed by atoms with E-state index in [1.54, 1.807) is 12.9 Å². The monoisotopic (exact) mass is 218 g/mol. The number of unbranched alkanes of at least 4 members (excludes halogenated alkanes) is 2. The molecule has 0 aromatic heterocycles. The van der Waals surface area contributed by atoms with Crippen molar-refractivity contribution in [2.45, 2.75) is 33.1 Å². The fourth-order valence-electron chi connectivity index (χ4n) is 0.930. The first kappa shape index (κ1) is 13.6. The molecule has 0 rings (SSSR count). The van der Waals surface area contributed by atoms with Gasteiger partial charge in [-0.1, -0.05) is 26.7 Å². The summed E-state index contributed by atoms with van der Waals surface area (Å²) >= 11 is 0. The minimum absolute atomic E-state index is 0.406. The third-order valence-electron chi connectivity index (χ3n) is 2.05. The molecule has 0 fully saturated rings. The van der Waals surface area contributed by atoms with Crippen LogP contribution in [0.15, 0.2) is 0 Å². The van der Waals surface area contributed by atoms with Crippen molar-refractivity contribution in [1.82, 2.24) is 4.67 Å². The Labute approximate surface area is 86.4 Å². The summed E-state index contributed by atoms with van der Waals surface area (Å²) in [5.74, 6) is 1.77. The lowest BCUT2D eigenvalue weighted by atomic mass is 10.3. The molecular weight excluding hydrogens is 199 g/mol. The van der Waals surface area contributed by atoms with Gasteiger partial charge in [0.15, 0.2) is 5.81 Å². The first-order valence-corrected chi connectivity index (χ1v) is 6.56. The molecule has 1 unspecified atom stereocenters. The molecule has 4 nitrogen and oxygen atoms in total. The molecule has 0 bridgehead atoms. The van der Waals surface area contributed by atoms with Gasteiger partial charge in [-0.3, -0.25) is 4.57 Å². The third kappa shape index (κ3) is 4.23. The predicted molar refractivity (Wildman–Crippen MR) is 57.0 cm³/mol. The number of nitrogens with zero attached hydrogens (tertiary/aromatic N) is 2. The summed E-state index contributed by atoms with van der Waals surface area (Å²) in [6.07, 6.45) is 2.99. The van der Waals surface area contributed by atoms with E-state index in [0.717, 1.165) is 19.3 Å². The highest BCUT2D eigenvalue weighted by molar-refractivity contribution is 7.61. The van der Waals surface area contributed by atoms with E-state index in [-0.39, 0.29) is 0 Å². The van der Waals surface area contributed by atoms with Gasteiger partial charge in [0.2, 0.25) is 0 Å². The maximum atomic E-state index is 11.8. The van der Waals surface area contributed by atoms with Crippen LogP contribution < -0.4 is 0 Å².